The molecular weight excluding hydrogens is 382 g/mol. The van der Waals surface area contributed by atoms with Crippen molar-refractivity contribution in [1.82, 2.24) is 19.7 Å². The number of nitriles is 1. The lowest BCUT2D eigenvalue weighted by molar-refractivity contribution is 0.269. The zero-order valence-corrected chi connectivity index (χ0v) is 18.4. The number of hydrogen-bond donors (Lipinski definition) is 0. The van der Waals surface area contributed by atoms with Gasteiger partial charge in [0, 0.05) is 24.8 Å². The Kier molecular flexibility index (Phi) is 6.29. The molecule has 0 bridgehead atoms. The van der Waals surface area contributed by atoms with Crippen molar-refractivity contribution in [2.75, 3.05) is 13.1 Å². The van der Waals surface area contributed by atoms with Gasteiger partial charge in [0.25, 0.3) is 0 Å². The van der Waals surface area contributed by atoms with E-state index in [0.29, 0.717) is 5.69 Å². The van der Waals surface area contributed by atoms with Crippen LogP contribution in [-0.2, 0) is 19.4 Å². The van der Waals surface area contributed by atoms with Crippen LogP contribution in [0.5, 0.6) is 0 Å². The summed E-state index contributed by atoms with van der Waals surface area (Å²) in [5, 5.41) is 13.4. The van der Waals surface area contributed by atoms with Crippen LogP contribution in [-0.4, -0.2) is 32.8 Å². The molecule has 1 aliphatic rings. The quantitative estimate of drug-likeness (QED) is 0.531. The minimum absolute atomic E-state index is 0.413. The molecule has 5 heteroatoms. The van der Waals surface area contributed by atoms with Gasteiger partial charge in [0.05, 0.1) is 18.1 Å². The maximum Gasteiger partial charge on any atom is 0.140 e. The molecule has 0 atom stereocenters. The molecular formula is C26H29N5. The number of allylic oxidation sites excluding steroid dienone is 1. The molecule has 1 aliphatic carbocycles. The molecule has 0 amide bonds. The summed E-state index contributed by atoms with van der Waals surface area (Å²) < 4.78 is 1.82. The van der Waals surface area contributed by atoms with E-state index in [4.69, 9.17) is 5.26 Å². The Labute approximate surface area is 184 Å². The minimum atomic E-state index is 0.413. The summed E-state index contributed by atoms with van der Waals surface area (Å²) in [6.45, 7) is 11.7. The van der Waals surface area contributed by atoms with Gasteiger partial charge in [-0.15, -0.1) is 0 Å². The number of nitrogens with zero attached hydrogens (tertiary/aromatic N) is 5. The topological polar surface area (TPSA) is 57.7 Å². The number of fused-ring (bicyclic) bond motifs is 1. The zero-order chi connectivity index (χ0) is 21.8. The average molecular weight is 412 g/mol. The fourth-order valence-electron chi connectivity index (χ4n) is 4.43. The fraction of sp³-hybridized carbons (Fsp3) is 0.346. The van der Waals surface area contributed by atoms with E-state index in [1.807, 2.05) is 23.0 Å². The summed E-state index contributed by atoms with van der Waals surface area (Å²) in [5.74, 6) is 0. The number of rotatable bonds is 8. The van der Waals surface area contributed by atoms with Gasteiger partial charge in [-0.3, -0.25) is 4.90 Å². The Morgan fingerprint density at radius 3 is 2.77 bits per heavy atom. The van der Waals surface area contributed by atoms with Gasteiger partial charge < -0.3 is 0 Å². The Bertz CT molecular complexity index is 1120. The Balaban J connectivity index is 1.42. The second kappa shape index (κ2) is 9.28. The number of pyridine rings is 1. The van der Waals surface area contributed by atoms with E-state index in [2.05, 4.69) is 53.7 Å². The molecule has 4 rings (SSSR count). The maximum atomic E-state index is 8.92. The van der Waals surface area contributed by atoms with E-state index in [-0.39, 0.29) is 0 Å². The lowest BCUT2D eigenvalue weighted by Gasteiger charge is -2.22. The highest BCUT2D eigenvalue weighted by atomic mass is 15.3. The van der Waals surface area contributed by atoms with Gasteiger partial charge in [0.15, 0.2) is 0 Å². The molecule has 0 unspecified atom stereocenters. The van der Waals surface area contributed by atoms with Crippen molar-refractivity contribution < 1.29 is 0 Å². The monoisotopic (exact) mass is 411 g/mol. The van der Waals surface area contributed by atoms with Crippen LogP contribution < -0.4 is 0 Å². The molecule has 0 radical (unpaired) electrons. The van der Waals surface area contributed by atoms with Crippen LogP contribution in [0.2, 0.25) is 0 Å². The van der Waals surface area contributed by atoms with Crippen LogP contribution in [0.25, 0.3) is 11.3 Å². The smallest absolute Gasteiger partial charge is 0.140 e. The molecule has 0 fully saturated rings. The largest absolute Gasteiger partial charge is 0.299 e. The Hall–Kier alpha value is -3.23. The van der Waals surface area contributed by atoms with Crippen LogP contribution in [0.1, 0.15) is 53.3 Å². The highest BCUT2D eigenvalue weighted by molar-refractivity contribution is 5.72. The average Bonchev–Trinajstić information content (AvgIpc) is 3.40. The number of aromatic nitrogens is 3. The fourth-order valence-corrected chi connectivity index (χ4v) is 4.43. The number of hydrogen-bond acceptors (Lipinski definition) is 4. The van der Waals surface area contributed by atoms with Crippen molar-refractivity contribution >= 4 is 5.57 Å². The first kappa shape index (κ1) is 21.0. The van der Waals surface area contributed by atoms with E-state index in [1.165, 1.54) is 33.4 Å². The first-order chi connectivity index (χ1) is 15.1. The van der Waals surface area contributed by atoms with Gasteiger partial charge in [0.2, 0.25) is 0 Å². The molecule has 0 spiro atoms. The Morgan fingerprint density at radius 1 is 1.16 bits per heavy atom. The first-order valence-corrected chi connectivity index (χ1v) is 11.0. The second-order valence-electron chi connectivity index (χ2n) is 8.31. The van der Waals surface area contributed by atoms with E-state index in [9.17, 15) is 0 Å². The van der Waals surface area contributed by atoms with Gasteiger partial charge >= 0.3 is 0 Å². The van der Waals surface area contributed by atoms with Gasteiger partial charge in [-0.05, 0) is 79.1 Å². The predicted octanol–water partition coefficient (Wildman–Crippen LogP) is 4.86. The van der Waals surface area contributed by atoms with Gasteiger partial charge in [-0.1, -0.05) is 25.6 Å². The molecule has 5 nitrogen and oxygen atoms in total. The minimum Gasteiger partial charge on any atom is -0.299 e. The maximum absolute atomic E-state index is 8.92. The lowest BCUT2D eigenvalue weighted by atomic mass is 9.96. The summed E-state index contributed by atoms with van der Waals surface area (Å²) in [6.07, 6.45) is 10.1. The molecule has 2 aromatic heterocycles. The highest BCUT2D eigenvalue weighted by Crippen LogP contribution is 2.34. The van der Waals surface area contributed by atoms with E-state index in [0.717, 1.165) is 51.0 Å². The third-order valence-electron chi connectivity index (χ3n) is 6.17. The van der Waals surface area contributed by atoms with Gasteiger partial charge in [-0.2, -0.15) is 10.4 Å². The van der Waals surface area contributed by atoms with Crippen molar-refractivity contribution in [3.05, 3.63) is 82.9 Å². The summed E-state index contributed by atoms with van der Waals surface area (Å²) in [6, 6.07) is 10.2. The van der Waals surface area contributed by atoms with Gasteiger partial charge in [-0.25, -0.2) is 9.67 Å². The summed E-state index contributed by atoms with van der Waals surface area (Å²) >= 11 is 0. The van der Waals surface area contributed by atoms with E-state index < -0.39 is 0 Å². The molecule has 0 saturated heterocycles. The van der Waals surface area contributed by atoms with E-state index >= 15 is 0 Å². The molecule has 1 aromatic carbocycles. The normalized spacial score (nSPS) is 12.9. The third kappa shape index (κ3) is 4.60. The van der Waals surface area contributed by atoms with Crippen molar-refractivity contribution in [1.29, 1.82) is 5.26 Å². The first-order valence-electron chi connectivity index (χ1n) is 11.0. The predicted molar refractivity (Wildman–Crippen MR) is 124 cm³/mol. The standard InChI is InChI=1S/C26H29N5/c1-4-12-30(13-11-22-6-10-25-19(2)5-9-26(25)20(22)3)17-21-15-29-31(18-21)24-8-7-23(14-27)28-16-24/h6-8,10,15-16,18H,2,4-5,9,11-13,17H2,1,3H3. The summed E-state index contributed by atoms with van der Waals surface area (Å²) in [7, 11) is 0. The molecule has 31 heavy (non-hydrogen) atoms. The summed E-state index contributed by atoms with van der Waals surface area (Å²) in [4.78, 5) is 6.64. The van der Waals surface area contributed by atoms with Crippen LogP contribution in [0.3, 0.4) is 0 Å². The van der Waals surface area contributed by atoms with E-state index in [1.54, 1.807) is 12.3 Å². The molecule has 158 valence electrons. The molecule has 0 aliphatic heterocycles. The van der Waals surface area contributed by atoms with Crippen molar-refractivity contribution in [2.24, 2.45) is 0 Å². The van der Waals surface area contributed by atoms with Crippen molar-refractivity contribution in [3.8, 4) is 11.8 Å². The van der Waals surface area contributed by atoms with Crippen LogP contribution in [0.15, 0.2) is 49.4 Å². The zero-order valence-electron chi connectivity index (χ0n) is 18.4. The van der Waals surface area contributed by atoms with Gasteiger partial charge in [0.1, 0.15) is 11.8 Å². The number of benzene rings is 1. The van der Waals surface area contributed by atoms with Crippen molar-refractivity contribution in [3.63, 3.8) is 0 Å². The molecule has 3 aromatic rings. The molecule has 0 N–H and O–H groups in total. The van der Waals surface area contributed by atoms with Crippen LogP contribution in [0.4, 0.5) is 0 Å². The second-order valence-corrected chi connectivity index (χ2v) is 8.31. The SMILES string of the molecule is C=C1CCc2c1ccc(CCN(CCC)Cc1cnn(-c3ccc(C#N)nc3)c1)c2C. The lowest BCUT2D eigenvalue weighted by Crippen LogP contribution is -2.26. The molecule has 2 heterocycles. The third-order valence-corrected chi connectivity index (χ3v) is 6.17. The van der Waals surface area contributed by atoms with Crippen LogP contribution in [0, 0.1) is 18.3 Å². The Morgan fingerprint density at radius 2 is 2.03 bits per heavy atom. The highest BCUT2D eigenvalue weighted by Gasteiger charge is 2.18. The van der Waals surface area contributed by atoms with Crippen LogP contribution >= 0.6 is 0 Å². The summed E-state index contributed by atoms with van der Waals surface area (Å²) in [5.41, 5.74) is 9.52. The van der Waals surface area contributed by atoms with Crippen molar-refractivity contribution in [2.45, 2.75) is 46.1 Å². The molecule has 0 saturated carbocycles.